The van der Waals surface area contributed by atoms with Gasteiger partial charge >= 0.3 is 0 Å². The highest BCUT2D eigenvalue weighted by Crippen LogP contribution is 2.36. The molecule has 1 saturated carbocycles. The van der Waals surface area contributed by atoms with E-state index in [2.05, 4.69) is 6.92 Å². The summed E-state index contributed by atoms with van der Waals surface area (Å²) in [7, 11) is 2.77. The number of primary sulfonamides is 1. The normalized spacial score (nSPS) is 34.5. The molecular weight excluding hydrogens is 221 g/mol. The fourth-order valence-electron chi connectivity index (χ4n) is 2.41. The van der Waals surface area contributed by atoms with Crippen molar-refractivity contribution in [3.05, 3.63) is 0 Å². The second-order valence-electron chi connectivity index (χ2n) is 5.36. The first-order valence-electron chi connectivity index (χ1n) is 6.12. The van der Waals surface area contributed by atoms with Crippen molar-refractivity contribution in [1.82, 2.24) is 0 Å². The minimum absolute atomic E-state index is 0.139. The third-order valence-electron chi connectivity index (χ3n) is 3.51. The van der Waals surface area contributed by atoms with Gasteiger partial charge in [0.05, 0.1) is 13.1 Å². The zero-order chi connectivity index (χ0) is 12.2. The van der Waals surface area contributed by atoms with Gasteiger partial charge in [0.2, 0.25) is 10.0 Å². The molecule has 16 heavy (non-hydrogen) atoms. The second-order valence-corrected chi connectivity index (χ2v) is 7.20. The third kappa shape index (κ3) is 4.87. The summed E-state index contributed by atoms with van der Waals surface area (Å²) < 4.78 is 22.7. The Hall–Kier alpha value is -0.0251. The predicted molar refractivity (Wildman–Crippen MR) is 68.0 cm³/mol. The second kappa shape index (κ2) is 5.54. The van der Waals surface area contributed by atoms with Crippen molar-refractivity contribution in [3.8, 4) is 0 Å². The van der Waals surface area contributed by atoms with Gasteiger partial charge in [-0.3, -0.25) is 0 Å². The van der Waals surface area contributed by atoms with Crippen molar-refractivity contribution in [2.75, 3.05) is 0 Å². The lowest BCUT2D eigenvalue weighted by atomic mass is 9.64. The Labute approximate surface area is 101 Å². The van der Waals surface area contributed by atoms with Crippen LogP contribution in [0, 0.1) is 0 Å². The Bertz CT molecular complexity index is 314. The molecule has 92 valence electrons. The lowest BCUT2D eigenvalue weighted by molar-refractivity contribution is 0.427. The van der Waals surface area contributed by atoms with Crippen LogP contribution in [0.15, 0.2) is 0 Å². The zero-order valence-electron chi connectivity index (χ0n) is 10.1. The molecule has 3 nitrogen and oxygen atoms in total. The van der Waals surface area contributed by atoms with Gasteiger partial charge in [0.1, 0.15) is 0 Å². The Balaban J connectivity index is 2.59. The van der Waals surface area contributed by atoms with Crippen molar-refractivity contribution in [3.63, 3.8) is 0 Å². The molecule has 2 atom stereocenters. The molecule has 5 heteroatoms. The Morgan fingerprint density at radius 1 is 1.12 bits per heavy atom. The number of rotatable bonds is 1. The van der Waals surface area contributed by atoms with E-state index in [4.69, 9.17) is 13.0 Å². The van der Waals surface area contributed by atoms with E-state index in [1.54, 1.807) is 0 Å². The molecule has 0 spiro atoms. The van der Waals surface area contributed by atoms with E-state index in [-0.39, 0.29) is 10.6 Å². The van der Waals surface area contributed by atoms with Crippen molar-refractivity contribution < 1.29 is 8.42 Å². The van der Waals surface area contributed by atoms with E-state index < -0.39 is 10.0 Å². The van der Waals surface area contributed by atoms with Gasteiger partial charge in [0, 0.05) is 0 Å². The van der Waals surface area contributed by atoms with Gasteiger partial charge in [-0.25, -0.2) is 13.6 Å². The fraction of sp³-hybridized carbons (Fsp3) is 1.00. The summed E-state index contributed by atoms with van der Waals surface area (Å²) in [5, 5.41) is 4.73. The van der Waals surface area contributed by atoms with Gasteiger partial charge in [0.25, 0.3) is 0 Å². The monoisotopic (exact) mass is 243 g/mol. The van der Waals surface area contributed by atoms with Crippen LogP contribution in [-0.4, -0.2) is 21.5 Å². The van der Waals surface area contributed by atoms with E-state index in [9.17, 15) is 8.42 Å². The van der Waals surface area contributed by atoms with Crippen LogP contribution in [0.5, 0.6) is 0 Å². The van der Waals surface area contributed by atoms with Gasteiger partial charge in [-0.15, -0.1) is 0 Å². The molecule has 0 aliphatic heterocycles. The van der Waals surface area contributed by atoms with Crippen LogP contribution in [0.4, 0.5) is 0 Å². The van der Waals surface area contributed by atoms with Gasteiger partial charge < -0.3 is 0 Å². The number of hydrogen-bond acceptors (Lipinski definition) is 2. The van der Waals surface area contributed by atoms with Crippen LogP contribution >= 0.6 is 0 Å². The van der Waals surface area contributed by atoms with Crippen LogP contribution in [0.2, 0.25) is 5.31 Å². The largest absolute Gasteiger partial charge is 0.228 e. The summed E-state index contributed by atoms with van der Waals surface area (Å²) >= 11 is 0. The molecule has 1 rings (SSSR count). The summed E-state index contributed by atoms with van der Waals surface area (Å²) in [6.07, 6.45) is 7.23. The molecule has 0 aromatic rings. The van der Waals surface area contributed by atoms with Crippen LogP contribution in [-0.2, 0) is 10.0 Å². The minimum atomic E-state index is -3.37. The first-order chi connectivity index (χ1) is 7.31. The molecule has 0 bridgehead atoms. The fourth-order valence-corrected chi connectivity index (χ4v) is 3.40. The molecule has 2 unspecified atom stereocenters. The van der Waals surface area contributed by atoms with E-state index >= 15 is 0 Å². The summed E-state index contributed by atoms with van der Waals surface area (Å²) in [5.41, 5.74) is 0. The lowest BCUT2D eigenvalue weighted by Crippen LogP contribution is -2.29. The molecule has 1 fully saturated rings. The average Bonchev–Trinajstić information content (AvgIpc) is 2.12. The zero-order valence-corrected chi connectivity index (χ0v) is 10.9. The number of hydrogen-bond donors (Lipinski definition) is 1. The molecular formula is C11H22BNO2S. The van der Waals surface area contributed by atoms with Crippen LogP contribution in [0.25, 0.3) is 0 Å². The van der Waals surface area contributed by atoms with Crippen molar-refractivity contribution >= 4 is 17.9 Å². The molecule has 0 aromatic heterocycles. The SMILES string of the molecule is [B]C1(C)CCCCCC(S(N)(=O)=O)CCC1. The molecule has 0 heterocycles. The topological polar surface area (TPSA) is 60.2 Å². The Kier molecular flexibility index (Phi) is 4.86. The average molecular weight is 243 g/mol. The summed E-state index contributed by atoms with van der Waals surface area (Å²) in [6.45, 7) is 2.06. The Morgan fingerprint density at radius 2 is 1.69 bits per heavy atom. The smallest absolute Gasteiger partial charge is 0.211 e. The maximum absolute atomic E-state index is 11.4. The van der Waals surface area contributed by atoms with Crippen LogP contribution in [0.1, 0.15) is 58.3 Å². The van der Waals surface area contributed by atoms with Crippen molar-refractivity contribution in [2.45, 2.75) is 68.9 Å². The molecule has 1 aliphatic rings. The highest BCUT2D eigenvalue weighted by atomic mass is 32.2. The minimum Gasteiger partial charge on any atom is -0.228 e. The maximum atomic E-state index is 11.4. The summed E-state index contributed by atoms with van der Waals surface area (Å²) in [5.74, 6) is 0. The van der Waals surface area contributed by atoms with Gasteiger partial charge in [-0.05, 0) is 12.8 Å². The summed E-state index contributed by atoms with van der Waals surface area (Å²) in [6, 6.07) is 0. The third-order valence-corrected chi connectivity index (χ3v) is 4.91. The van der Waals surface area contributed by atoms with E-state index in [0.717, 1.165) is 38.5 Å². The van der Waals surface area contributed by atoms with Crippen molar-refractivity contribution in [2.24, 2.45) is 5.14 Å². The first-order valence-corrected chi connectivity index (χ1v) is 7.73. The highest BCUT2D eigenvalue weighted by Gasteiger charge is 2.24. The molecule has 0 aromatic carbocycles. The van der Waals surface area contributed by atoms with Gasteiger partial charge in [0.15, 0.2) is 0 Å². The van der Waals surface area contributed by atoms with Crippen LogP contribution in [0.3, 0.4) is 0 Å². The maximum Gasteiger partial charge on any atom is 0.211 e. The van der Waals surface area contributed by atoms with E-state index in [1.807, 2.05) is 0 Å². The van der Waals surface area contributed by atoms with Crippen molar-refractivity contribution in [1.29, 1.82) is 0 Å². The first kappa shape index (κ1) is 14.0. The number of nitrogens with two attached hydrogens (primary N) is 1. The van der Waals surface area contributed by atoms with E-state index in [1.165, 1.54) is 0 Å². The van der Waals surface area contributed by atoms with Gasteiger partial charge in [-0.1, -0.05) is 50.8 Å². The van der Waals surface area contributed by atoms with Crippen LogP contribution < -0.4 is 5.14 Å². The quantitative estimate of drug-likeness (QED) is 0.717. The summed E-state index contributed by atoms with van der Waals surface area (Å²) in [4.78, 5) is 0. The highest BCUT2D eigenvalue weighted by molar-refractivity contribution is 7.89. The Morgan fingerprint density at radius 3 is 2.31 bits per heavy atom. The van der Waals surface area contributed by atoms with Gasteiger partial charge in [-0.2, -0.15) is 0 Å². The lowest BCUT2D eigenvalue weighted by Gasteiger charge is -2.27. The molecule has 0 amide bonds. The number of sulfonamides is 1. The standard InChI is InChI=1S/C11H22BNO2S/c1-11(12)8-4-2-3-6-10(7-5-9-11)16(13,14)15/h10H,2-9H2,1H3,(H2,13,14,15). The molecule has 2 radical (unpaired) electrons. The predicted octanol–water partition coefficient (Wildman–Crippen LogP) is 2.12. The molecule has 0 saturated heterocycles. The molecule has 1 aliphatic carbocycles. The van der Waals surface area contributed by atoms with E-state index in [0.29, 0.717) is 12.8 Å². The molecule has 2 N–H and O–H groups in total.